The fourth-order valence-electron chi connectivity index (χ4n) is 5.45. The van der Waals surface area contributed by atoms with Crippen LogP contribution >= 0.6 is 0 Å². The van der Waals surface area contributed by atoms with Gasteiger partial charge < -0.3 is 20.3 Å². The average Bonchev–Trinajstić information content (AvgIpc) is 2.98. The van der Waals surface area contributed by atoms with Crippen molar-refractivity contribution in [2.75, 3.05) is 61.0 Å². The van der Waals surface area contributed by atoms with Crippen molar-refractivity contribution in [3.8, 4) is 5.75 Å². The van der Waals surface area contributed by atoms with Crippen LogP contribution in [0, 0.1) is 6.92 Å². The minimum Gasteiger partial charge on any atom is -0.485 e. The number of aryl methyl sites for hydroxylation is 1. The van der Waals surface area contributed by atoms with E-state index < -0.39 is 9.84 Å². The molecule has 4 aliphatic rings. The molecule has 0 spiro atoms. The summed E-state index contributed by atoms with van der Waals surface area (Å²) in [6.07, 6.45) is 3.98. The Hall–Kier alpha value is -2.50. The van der Waals surface area contributed by atoms with Crippen LogP contribution < -0.4 is 20.3 Å². The van der Waals surface area contributed by atoms with Gasteiger partial charge in [-0.25, -0.2) is 18.4 Å². The van der Waals surface area contributed by atoms with Crippen LogP contribution in [0.25, 0.3) is 0 Å². The molecule has 6 heterocycles. The Bertz CT molecular complexity index is 1190. The smallest absolute Gasteiger partial charge is 0.164 e. The Morgan fingerprint density at radius 3 is 2.68 bits per heavy atom. The molecule has 2 N–H and O–H groups in total. The van der Waals surface area contributed by atoms with Gasteiger partial charge in [0.1, 0.15) is 24.6 Å². The predicted octanol–water partition coefficient (Wildman–Crippen LogP) is 1.45. The summed E-state index contributed by atoms with van der Waals surface area (Å²) >= 11 is 0. The fraction of sp³-hybridized carbons (Fsp3) is 0.609. The number of rotatable bonds is 3. The van der Waals surface area contributed by atoms with Gasteiger partial charge in [-0.15, -0.1) is 0 Å². The number of anilines is 3. The second-order valence-corrected chi connectivity index (χ2v) is 12.0. The van der Waals surface area contributed by atoms with Crippen molar-refractivity contribution in [1.29, 1.82) is 0 Å². The second kappa shape index (κ2) is 8.62. The predicted molar refractivity (Wildman–Crippen MR) is 132 cm³/mol. The highest BCUT2D eigenvalue weighted by Gasteiger charge is 2.35. The molecular formula is C23H33N7O3S. The maximum Gasteiger partial charge on any atom is 0.164 e. The zero-order valence-electron chi connectivity index (χ0n) is 19.5. The third kappa shape index (κ3) is 4.09. The molecule has 0 aromatic carbocycles. The molecule has 10 nitrogen and oxygen atoms in total. The number of piperidine rings is 1. The monoisotopic (exact) mass is 487 g/mol. The van der Waals surface area contributed by atoms with Gasteiger partial charge in [0.15, 0.2) is 15.6 Å². The van der Waals surface area contributed by atoms with E-state index >= 15 is 0 Å². The molecule has 184 valence electrons. The topological polar surface area (TPSA) is 113 Å². The third-order valence-electron chi connectivity index (χ3n) is 7.50. The van der Waals surface area contributed by atoms with E-state index in [4.69, 9.17) is 9.72 Å². The van der Waals surface area contributed by atoms with Gasteiger partial charge in [0.2, 0.25) is 0 Å². The van der Waals surface area contributed by atoms with Gasteiger partial charge in [-0.3, -0.25) is 9.88 Å². The number of nitrogens with zero attached hydrogens (tertiary/aromatic N) is 5. The lowest BCUT2D eigenvalue weighted by atomic mass is 9.90. The number of nitrogens with one attached hydrogen (secondary N) is 2. The van der Waals surface area contributed by atoms with Gasteiger partial charge in [-0.2, -0.15) is 0 Å². The first-order valence-electron chi connectivity index (χ1n) is 12.1. The quantitative estimate of drug-likeness (QED) is 0.660. The largest absolute Gasteiger partial charge is 0.485 e. The Labute approximate surface area is 201 Å². The molecular weight excluding hydrogens is 454 g/mol. The second-order valence-electron chi connectivity index (χ2n) is 9.72. The van der Waals surface area contributed by atoms with E-state index in [-0.39, 0.29) is 12.9 Å². The highest BCUT2D eigenvalue weighted by molar-refractivity contribution is 7.91. The van der Waals surface area contributed by atoms with E-state index in [2.05, 4.69) is 31.6 Å². The Balaban J connectivity index is 0.00000253. The van der Waals surface area contributed by atoms with Crippen LogP contribution in [0.1, 0.15) is 37.1 Å². The third-order valence-corrected chi connectivity index (χ3v) is 9.11. The molecule has 2 aromatic rings. The Morgan fingerprint density at radius 1 is 1.15 bits per heavy atom. The van der Waals surface area contributed by atoms with Crippen molar-refractivity contribution in [3.05, 3.63) is 29.3 Å². The van der Waals surface area contributed by atoms with E-state index in [0.717, 1.165) is 60.4 Å². The molecule has 3 fully saturated rings. The standard InChI is InChI=1S/C23H31N7O3S.H2/c1-15-21-20(10-19(27-15)16-11-30(12-16)17-2-4-24-5-3-17)28-22-18(13-33-21)23(26-14-25-22)29-6-8-34(31,32)9-7-29;/h10,14,16-17,24H,2-9,11-13H2,1H3,(H,25,26,28);1H. The van der Waals surface area contributed by atoms with Gasteiger partial charge in [0.25, 0.3) is 0 Å². The molecule has 4 aliphatic heterocycles. The van der Waals surface area contributed by atoms with Gasteiger partial charge in [0, 0.05) is 45.3 Å². The van der Waals surface area contributed by atoms with E-state index in [1.807, 2.05) is 11.8 Å². The number of ether oxygens (including phenoxy) is 1. The summed E-state index contributed by atoms with van der Waals surface area (Å²) in [5.74, 6) is 2.90. The van der Waals surface area contributed by atoms with Gasteiger partial charge in [0.05, 0.1) is 28.5 Å². The average molecular weight is 488 g/mol. The summed E-state index contributed by atoms with van der Waals surface area (Å²) in [5, 5.41) is 6.92. The first-order chi connectivity index (χ1) is 16.5. The van der Waals surface area contributed by atoms with Crippen LogP contribution in [0.2, 0.25) is 0 Å². The van der Waals surface area contributed by atoms with Crippen LogP contribution in [-0.4, -0.2) is 85.1 Å². The zero-order chi connectivity index (χ0) is 23.3. The molecule has 0 atom stereocenters. The van der Waals surface area contributed by atoms with Gasteiger partial charge in [-0.05, 0) is 38.9 Å². The minimum atomic E-state index is -2.97. The van der Waals surface area contributed by atoms with Crippen molar-refractivity contribution in [1.82, 2.24) is 25.2 Å². The summed E-state index contributed by atoms with van der Waals surface area (Å²) in [6, 6.07) is 2.80. The molecule has 0 saturated carbocycles. The van der Waals surface area contributed by atoms with E-state index in [1.54, 1.807) is 0 Å². The molecule has 3 saturated heterocycles. The Kier molecular flexibility index (Phi) is 5.57. The van der Waals surface area contributed by atoms with Crippen LogP contribution in [0.5, 0.6) is 5.75 Å². The molecule has 0 amide bonds. The van der Waals surface area contributed by atoms with Crippen molar-refractivity contribution >= 4 is 27.2 Å². The van der Waals surface area contributed by atoms with Gasteiger partial charge >= 0.3 is 0 Å². The van der Waals surface area contributed by atoms with Gasteiger partial charge in [-0.1, -0.05) is 0 Å². The number of sulfone groups is 1. The van der Waals surface area contributed by atoms with E-state index in [9.17, 15) is 8.42 Å². The minimum absolute atomic E-state index is 0. The van der Waals surface area contributed by atoms with Crippen LogP contribution in [0.15, 0.2) is 12.4 Å². The molecule has 0 radical (unpaired) electrons. The number of fused-ring (bicyclic) bond motifs is 2. The lowest BCUT2D eigenvalue weighted by molar-refractivity contribution is 0.0713. The van der Waals surface area contributed by atoms with E-state index in [0.29, 0.717) is 37.5 Å². The van der Waals surface area contributed by atoms with Crippen LogP contribution in [-0.2, 0) is 16.4 Å². The number of hydrogen-bond acceptors (Lipinski definition) is 10. The first-order valence-corrected chi connectivity index (χ1v) is 13.9. The molecule has 0 aliphatic carbocycles. The van der Waals surface area contributed by atoms with Crippen molar-refractivity contribution in [2.24, 2.45) is 0 Å². The number of likely N-dealkylation sites (tertiary alicyclic amines) is 1. The molecule has 11 heteroatoms. The Morgan fingerprint density at radius 2 is 1.91 bits per heavy atom. The summed E-state index contributed by atoms with van der Waals surface area (Å²) < 4.78 is 30.0. The fourth-order valence-corrected chi connectivity index (χ4v) is 6.65. The van der Waals surface area contributed by atoms with Crippen molar-refractivity contribution in [2.45, 2.75) is 38.3 Å². The van der Waals surface area contributed by atoms with Crippen molar-refractivity contribution < 1.29 is 14.6 Å². The first kappa shape index (κ1) is 22.0. The maximum absolute atomic E-state index is 11.9. The summed E-state index contributed by atoms with van der Waals surface area (Å²) in [6.45, 7) is 7.49. The molecule has 2 aromatic heterocycles. The van der Waals surface area contributed by atoms with Crippen molar-refractivity contribution in [3.63, 3.8) is 0 Å². The lowest BCUT2D eigenvalue weighted by Crippen LogP contribution is -2.53. The summed E-state index contributed by atoms with van der Waals surface area (Å²) in [4.78, 5) is 18.5. The molecule has 0 unspecified atom stereocenters. The molecule has 34 heavy (non-hydrogen) atoms. The highest BCUT2D eigenvalue weighted by atomic mass is 32.2. The highest BCUT2D eigenvalue weighted by Crippen LogP contribution is 2.40. The maximum atomic E-state index is 11.9. The number of aromatic nitrogens is 3. The number of pyridine rings is 1. The van der Waals surface area contributed by atoms with E-state index in [1.165, 1.54) is 19.2 Å². The summed E-state index contributed by atoms with van der Waals surface area (Å²) in [7, 11) is -2.97. The summed E-state index contributed by atoms with van der Waals surface area (Å²) in [5.41, 5.74) is 3.69. The number of hydrogen-bond donors (Lipinski definition) is 2. The normalized spacial score (nSPS) is 23.1. The van der Waals surface area contributed by atoms with Crippen LogP contribution in [0.4, 0.5) is 17.3 Å². The molecule has 6 rings (SSSR count). The lowest BCUT2D eigenvalue weighted by Gasteiger charge is -2.45. The molecule has 0 bridgehead atoms. The van der Waals surface area contributed by atoms with Crippen LogP contribution in [0.3, 0.4) is 0 Å². The SMILES string of the molecule is Cc1nc(C2CN(C3CCNCC3)C2)cc2c1OCc1c(ncnc1N1CCS(=O)(=O)CC1)N2.[HH]. The zero-order valence-corrected chi connectivity index (χ0v) is 20.3.